The molecular weight excluding hydrogens is 304 g/mol. The van der Waals surface area contributed by atoms with Gasteiger partial charge in [0.25, 0.3) is 0 Å². The molecule has 5 nitrogen and oxygen atoms in total. The lowest BCUT2D eigenvalue weighted by Gasteiger charge is -2.21. The van der Waals surface area contributed by atoms with Crippen molar-refractivity contribution in [1.29, 1.82) is 0 Å². The number of hydrogen-bond acceptors (Lipinski definition) is 2. The number of aliphatic carboxylic acids is 1. The summed E-state index contributed by atoms with van der Waals surface area (Å²) in [4.78, 5) is 24.4. The van der Waals surface area contributed by atoms with Gasteiger partial charge in [-0.2, -0.15) is 0 Å². The Morgan fingerprint density at radius 1 is 1.05 bits per heavy atom. The average Bonchev–Trinajstić information content (AvgIpc) is 2.49. The van der Waals surface area contributed by atoms with Gasteiger partial charge in [0.05, 0.1) is 0 Å². The number of halogens is 1. The zero-order chi connectivity index (χ0) is 15.9. The van der Waals surface area contributed by atoms with Crippen LogP contribution in [0, 0.1) is 0 Å². The van der Waals surface area contributed by atoms with E-state index in [-0.39, 0.29) is 13.1 Å². The molecule has 0 unspecified atom stereocenters. The van der Waals surface area contributed by atoms with Gasteiger partial charge in [0.15, 0.2) is 0 Å². The summed E-state index contributed by atoms with van der Waals surface area (Å²) >= 11 is 5.79. The maximum absolute atomic E-state index is 12.3. The lowest BCUT2D eigenvalue weighted by molar-refractivity contribution is -0.137. The number of carbonyl (C=O) groups is 2. The first-order chi connectivity index (χ1) is 10.5. The first-order valence-corrected chi connectivity index (χ1v) is 6.99. The van der Waals surface area contributed by atoms with Gasteiger partial charge in [-0.3, -0.25) is 4.79 Å². The third kappa shape index (κ3) is 4.79. The number of rotatable bonds is 5. The quantitative estimate of drug-likeness (QED) is 0.887. The number of nitrogens with zero attached hydrogens (tertiary/aromatic N) is 1. The molecule has 0 radical (unpaired) electrons. The maximum Gasteiger partial charge on any atom is 0.323 e. The lowest BCUT2D eigenvalue weighted by Crippen LogP contribution is -2.38. The molecule has 0 aromatic heterocycles. The Balaban J connectivity index is 2.08. The van der Waals surface area contributed by atoms with Crippen molar-refractivity contribution in [2.45, 2.75) is 6.54 Å². The van der Waals surface area contributed by atoms with Crippen molar-refractivity contribution in [3.8, 4) is 0 Å². The summed E-state index contributed by atoms with van der Waals surface area (Å²) in [6.45, 7) is -0.166. The van der Waals surface area contributed by atoms with Crippen molar-refractivity contribution in [2.24, 2.45) is 0 Å². The van der Waals surface area contributed by atoms with Gasteiger partial charge in [0.2, 0.25) is 0 Å². The standard InChI is InChI=1S/C16H15ClN2O3/c17-13-6-8-14(9-7-13)18-16(22)19(11-15(20)21)10-12-4-2-1-3-5-12/h1-9H,10-11H2,(H,18,22)(H,20,21). The fourth-order valence-electron chi connectivity index (χ4n) is 1.90. The number of benzene rings is 2. The van der Waals surface area contributed by atoms with Crippen molar-refractivity contribution >= 4 is 29.3 Å². The van der Waals surface area contributed by atoms with Crippen LogP contribution >= 0.6 is 11.6 Å². The van der Waals surface area contributed by atoms with Crippen molar-refractivity contribution in [2.75, 3.05) is 11.9 Å². The zero-order valence-corrected chi connectivity index (χ0v) is 12.5. The van der Waals surface area contributed by atoms with Crippen molar-refractivity contribution in [1.82, 2.24) is 4.90 Å². The van der Waals surface area contributed by atoms with E-state index in [9.17, 15) is 9.59 Å². The first kappa shape index (κ1) is 15.9. The normalized spacial score (nSPS) is 10.0. The van der Waals surface area contributed by atoms with Crippen LogP contribution in [0.3, 0.4) is 0 Å². The minimum atomic E-state index is -1.07. The molecule has 0 aliphatic rings. The molecule has 2 aromatic carbocycles. The highest BCUT2D eigenvalue weighted by Crippen LogP contribution is 2.14. The molecule has 0 fully saturated rings. The Morgan fingerprint density at radius 2 is 1.68 bits per heavy atom. The van der Waals surface area contributed by atoms with Gasteiger partial charge in [0, 0.05) is 17.3 Å². The molecule has 2 aromatic rings. The minimum absolute atomic E-state index is 0.215. The number of amides is 2. The van der Waals surface area contributed by atoms with Crippen LogP contribution in [-0.2, 0) is 11.3 Å². The van der Waals surface area contributed by atoms with Gasteiger partial charge < -0.3 is 15.3 Å². The summed E-state index contributed by atoms with van der Waals surface area (Å²) in [5, 5.41) is 12.2. The largest absolute Gasteiger partial charge is 0.480 e. The summed E-state index contributed by atoms with van der Waals surface area (Å²) in [6.07, 6.45) is 0. The van der Waals surface area contributed by atoms with E-state index in [0.29, 0.717) is 10.7 Å². The molecule has 2 amide bonds. The highest BCUT2D eigenvalue weighted by atomic mass is 35.5. The SMILES string of the molecule is O=C(O)CN(Cc1ccccc1)C(=O)Nc1ccc(Cl)cc1. The van der Waals surface area contributed by atoms with Crippen LogP contribution in [0.2, 0.25) is 5.02 Å². The van der Waals surface area contributed by atoms with E-state index in [1.54, 1.807) is 24.3 Å². The monoisotopic (exact) mass is 318 g/mol. The van der Waals surface area contributed by atoms with Crippen molar-refractivity contribution < 1.29 is 14.7 Å². The molecule has 0 atom stereocenters. The van der Waals surface area contributed by atoms with Gasteiger partial charge >= 0.3 is 12.0 Å². The predicted octanol–water partition coefficient (Wildman–Crippen LogP) is 3.46. The molecule has 0 bridgehead atoms. The Labute approximate surface area is 133 Å². The maximum atomic E-state index is 12.3. The summed E-state index contributed by atoms with van der Waals surface area (Å²) in [5.41, 5.74) is 1.41. The summed E-state index contributed by atoms with van der Waals surface area (Å²) in [5.74, 6) is -1.07. The molecule has 6 heteroatoms. The van der Waals surface area contributed by atoms with E-state index >= 15 is 0 Å². The average molecular weight is 319 g/mol. The molecule has 0 heterocycles. The minimum Gasteiger partial charge on any atom is -0.480 e. The second-order valence-corrected chi connectivity index (χ2v) is 5.11. The highest BCUT2D eigenvalue weighted by Gasteiger charge is 2.17. The Morgan fingerprint density at radius 3 is 2.27 bits per heavy atom. The fraction of sp³-hybridized carbons (Fsp3) is 0.125. The van der Waals surface area contributed by atoms with E-state index in [0.717, 1.165) is 5.56 Å². The van der Waals surface area contributed by atoms with Crippen LogP contribution in [0.25, 0.3) is 0 Å². The van der Waals surface area contributed by atoms with Crippen molar-refractivity contribution in [3.63, 3.8) is 0 Å². The number of carboxylic acids is 1. The van der Waals surface area contributed by atoms with E-state index in [2.05, 4.69) is 5.32 Å². The Hall–Kier alpha value is -2.53. The molecule has 0 aliphatic heterocycles. The van der Waals surface area contributed by atoms with E-state index in [1.165, 1.54) is 4.90 Å². The van der Waals surface area contributed by atoms with E-state index < -0.39 is 12.0 Å². The van der Waals surface area contributed by atoms with Crippen LogP contribution < -0.4 is 5.32 Å². The van der Waals surface area contributed by atoms with Gasteiger partial charge in [-0.25, -0.2) is 4.79 Å². The van der Waals surface area contributed by atoms with Crippen molar-refractivity contribution in [3.05, 3.63) is 65.2 Å². The lowest BCUT2D eigenvalue weighted by atomic mass is 10.2. The molecular formula is C16H15ClN2O3. The topological polar surface area (TPSA) is 69.6 Å². The second-order valence-electron chi connectivity index (χ2n) is 4.67. The number of urea groups is 1. The van der Waals surface area contributed by atoms with Gasteiger partial charge in [-0.1, -0.05) is 41.9 Å². The first-order valence-electron chi connectivity index (χ1n) is 6.62. The van der Waals surface area contributed by atoms with E-state index in [4.69, 9.17) is 16.7 Å². The van der Waals surface area contributed by atoms with Crippen LogP contribution in [-0.4, -0.2) is 28.6 Å². The van der Waals surface area contributed by atoms with Gasteiger partial charge in [-0.15, -0.1) is 0 Å². The van der Waals surface area contributed by atoms with Gasteiger partial charge in [-0.05, 0) is 29.8 Å². The Bertz CT molecular complexity index is 644. The molecule has 2 rings (SSSR count). The summed E-state index contributed by atoms with van der Waals surface area (Å²) in [6, 6.07) is 15.3. The summed E-state index contributed by atoms with van der Waals surface area (Å²) < 4.78 is 0. The molecule has 114 valence electrons. The number of carboxylic acid groups (broad SMARTS) is 1. The molecule has 0 saturated carbocycles. The van der Waals surface area contributed by atoms with Crippen LogP contribution in [0.4, 0.5) is 10.5 Å². The third-order valence-electron chi connectivity index (χ3n) is 2.93. The third-order valence-corrected chi connectivity index (χ3v) is 3.18. The van der Waals surface area contributed by atoms with Gasteiger partial charge in [0.1, 0.15) is 6.54 Å². The fourth-order valence-corrected chi connectivity index (χ4v) is 2.03. The molecule has 0 aliphatic carbocycles. The highest BCUT2D eigenvalue weighted by molar-refractivity contribution is 6.30. The van der Waals surface area contributed by atoms with E-state index in [1.807, 2.05) is 30.3 Å². The molecule has 2 N–H and O–H groups in total. The second kappa shape index (κ2) is 7.47. The van der Waals surface area contributed by atoms with Crippen LogP contribution in [0.1, 0.15) is 5.56 Å². The summed E-state index contributed by atoms with van der Waals surface area (Å²) in [7, 11) is 0. The predicted molar refractivity (Wildman–Crippen MR) is 85.0 cm³/mol. The molecule has 22 heavy (non-hydrogen) atoms. The smallest absolute Gasteiger partial charge is 0.323 e. The molecule has 0 spiro atoms. The number of nitrogens with one attached hydrogen (secondary N) is 1. The number of carbonyl (C=O) groups excluding carboxylic acids is 1. The Kier molecular flexibility index (Phi) is 5.38. The molecule has 0 saturated heterocycles. The number of hydrogen-bond donors (Lipinski definition) is 2. The van der Waals surface area contributed by atoms with Crippen LogP contribution in [0.5, 0.6) is 0 Å². The zero-order valence-electron chi connectivity index (χ0n) is 11.7. The number of anilines is 1. The van der Waals surface area contributed by atoms with Crippen LogP contribution in [0.15, 0.2) is 54.6 Å².